The van der Waals surface area contributed by atoms with Crippen LogP contribution >= 0.6 is 24.0 Å². The van der Waals surface area contributed by atoms with E-state index in [9.17, 15) is 9.90 Å². The van der Waals surface area contributed by atoms with E-state index >= 15 is 0 Å². The smallest absolute Gasteiger partial charge is 0.265 e. The van der Waals surface area contributed by atoms with Gasteiger partial charge in [-0.3, -0.25) is 9.69 Å². The highest BCUT2D eigenvalue weighted by Gasteiger charge is 2.43. The van der Waals surface area contributed by atoms with Crippen LogP contribution in [0.2, 0.25) is 0 Å². The van der Waals surface area contributed by atoms with Crippen molar-refractivity contribution in [1.29, 1.82) is 0 Å². The van der Waals surface area contributed by atoms with Crippen molar-refractivity contribution in [2.45, 2.75) is 60.0 Å². The number of aliphatic hydroxyl groups is 1. The van der Waals surface area contributed by atoms with Crippen molar-refractivity contribution in [3.05, 3.63) is 70.3 Å². The van der Waals surface area contributed by atoms with Crippen molar-refractivity contribution < 1.29 is 19.1 Å². The SMILES string of the molecule is CN1C(=O)C(=Cc2ccc(OCCc3coc(C4=CC(C(C)(C)C)=CC(O)(C(C)(C)C)C4)n3)cc2)SC1=S. The first-order valence-electron chi connectivity index (χ1n) is 12.7. The zero-order valence-corrected chi connectivity index (χ0v) is 24.8. The number of thiocarbonyl (C=S) groups is 1. The molecule has 1 aromatic heterocycles. The molecule has 202 valence electrons. The molecule has 1 aliphatic heterocycles. The summed E-state index contributed by atoms with van der Waals surface area (Å²) in [5, 5.41) is 11.5. The summed E-state index contributed by atoms with van der Waals surface area (Å²) in [5.41, 5.74) is 2.23. The van der Waals surface area contributed by atoms with E-state index in [0.29, 0.717) is 34.6 Å². The van der Waals surface area contributed by atoms with Crippen LogP contribution in [0.4, 0.5) is 0 Å². The van der Waals surface area contributed by atoms with E-state index in [1.54, 1.807) is 13.3 Å². The van der Waals surface area contributed by atoms with Crippen LogP contribution < -0.4 is 4.74 Å². The number of oxazole rings is 1. The second-order valence-electron chi connectivity index (χ2n) is 11.9. The van der Waals surface area contributed by atoms with Crippen LogP contribution in [0.3, 0.4) is 0 Å². The number of rotatable bonds is 6. The molecule has 0 bridgehead atoms. The Bertz CT molecular complexity index is 1320. The minimum absolute atomic E-state index is 0.0787. The molecule has 0 radical (unpaired) electrons. The van der Waals surface area contributed by atoms with Gasteiger partial charge in [0.25, 0.3) is 5.91 Å². The van der Waals surface area contributed by atoms with E-state index in [-0.39, 0.29) is 16.7 Å². The maximum absolute atomic E-state index is 12.2. The molecule has 8 heteroatoms. The maximum Gasteiger partial charge on any atom is 0.265 e. The second kappa shape index (κ2) is 10.5. The third-order valence-electron chi connectivity index (χ3n) is 6.97. The van der Waals surface area contributed by atoms with Gasteiger partial charge in [0.1, 0.15) is 16.3 Å². The molecule has 1 N–H and O–H groups in total. The molecule has 1 atom stereocenters. The summed E-state index contributed by atoms with van der Waals surface area (Å²) in [4.78, 5) is 19.0. The number of aromatic nitrogens is 1. The molecular weight excluding hydrogens is 516 g/mol. The average molecular weight is 553 g/mol. The average Bonchev–Trinajstić information content (AvgIpc) is 3.39. The van der Waals surface area contributed by atoms with Crippen molar-refractivity contribution >= 4 is 45.9 Å². The Kier molecular flexibility index (Phi) is 7.81. The van der Waals surface area contributed by atoms with Crippen molar-refractivity contribution in [2.24, 2.45) is 10.8 Å². The number of amides is 1. The molecule has 0 saturated carbocycles. The van der Waals surface area contributed by atoms with Crippen LogP contribution in [0.25, 0.3) is 11.6 Å². The molecule has 4 rings (SSSR count). The largest absolute Gasteiger partial charge is 0.493 e. The molecule has 6 nitrogen and oxygen atoms in total. The Morgan fingerprint density at radius 2 is 1.89 bits per heavy atom. The molecule has 1 fully saturated rings. The van der Waals surface area contributed by atoms with Gasteiger partial charge in [0.2, 0.25) is 5.89 Å². The molecule has 1 saturated heterocycles. The third-order valence-corrected chi connectivity index (χ3v) is 8.45. The number of allylic oxidation sites excluding steroid dienone is 2. The lowest BCUT2D eigenvalue weighted by Gasteiger charge is -2.42. The van der Waals surface area contributed by atoms with Gasteiger partial charge >= 0.3 is 0 Å². The monoisotopic (exact) mass is 552 g/mol. The number of nitrogens with zero attached hydrogens (tertiary/aromatic N) is 2. The van der Waals surface area contributed by atoms with Crippen molar-refractivity contribution in [1.82, 2.24) is 9.88 Å². The van der Waals surface area contributed by atoms with Crippen LogP contribution in [-0.4, -0.2) is 44.5 Å². The Hall–Kier alpha value is -2.68. The lowest BCUT2D eigenvalue weighted by Crippen LogP contribution is -2.43. The predicted octanol–water partition coefficient (Wildman–Crippen LogP) is 6.66. The summed E-state index contributed by atoms with van der Waals surface area (Å²) < 4.78 is 12.3. The van der Waals surface area contributed by atoms with E-state index in [1.807, 2.05) is 36.4 Å². The highest BCUT2D eigenvalue weighted by Crippen LogP contribution is 2.46. The fourth-order valence-electron chi connectivity index (χ4n) is 4.13. The summed E-state index contributed by atoms with van der Waals surface area (Å²) >= 11 is 6.49. The minimum atomic E-state index is -0.995. The van der Waals surface area contributed by atoms with E-state index in [2.05, 4.69) is 47.6 Å². The fourth-order valence-corrected chi connectivity index (χ4v) is 5.31. The Morgan fingerprint density at radius 1 is 1.21 bits per heavy atom. The number of ether oxygens (including phenoxy) is 1. The van der Waals surface area contributed by atoms with Crippen molar-refractivity contribution in [3.8, 4) is 5.75 Å². The summed E-state index contributed by atoms with van der Waals surface area (Å²) in [6.45, 7) is 13.0. The molecule has 38 heavy (non-hydrogen) atoms. The highest BCUT2D eigenvalue weighted by molar-refractivity contribution is 8.26. The Balaban J connectivity index is 1.39. The highest BCUT2D eigenvalue weighted by atomic mass is 32.2. The number of hydrogen-bond acceptors (Lipinski definition) is 7. The summed E-state index contributed by atoms with van der Waals surface area (Å²) in [6, 6.07) is 7.59. The van der Waals surface area contributed by atoms with Gasteiger partial charge in [0.05, 0.1) is 22.8 Å². The molecule has 1 amide bonds. The fraction of sp³-hybridized carbons (Fsp3) is 0.433. The van der Waals surface area contributed by atoms with Gasteiger partial charge < -0.3 is 14.3 Å². The van der Waals surface area contributed by atoms with Crippen LogP contribution in [0, 0.1) is 10.8 Å². The van der Waals surface area contributed by atoms with Crippen molar-refractivity contribution in [2.75, 3.05) is 13.7 Å². The van der Waals surface area contributed by atoms with Gasteiger partial charge in [-0.2, -0.15) is 0 Å². The molecule has 1 unspecified atom stereocenters. The van der Waals surface area contributed by atoms with Gasteiger partial charge in [-0.25, -0.2) is 4.98 Å². The molecule has 2 aromatic rings. The lowest BCUT2D eigenvalue weighted by molar-refractivity contribution is -0.121. The zero-order valence-electron chi connectivity index (χ0n) is 23.1. The zero-order chi connectivity index (χ0) is 27.9. The molecule has 0 spiro atoms. The maximum atomic E-state index is 12.2. The topological polar surface area (TPSA) is 75.8 Å². The minimum Gasteiger partial charge on any atom is -0.493 e. The van der Waals surface area contributed by atoms with Gasteiger partial charge in [-0.15, -0.1) is 0 Å². The van der Waals surface area contributed by atoms with Gasteiger partial charge in [0, 0.05) is 25.5 Å². The van der Waals surface area contributed by atoms with Crippen LogP contribution in [0.5, 0.6) is 5.75 Å². The van der Waals surface area contributed by atoms with Crippen LogP contribution in [-0.2, 0) is 11.2 Å². The summed E-state index contributed by atoms with van der Waals surface area (Å²) in [7, 11) is 1.69. The summed E-state index contributed by atoms with van der Waals surface area (Å²) in [5.74, 6) is 1.20. The number of thioether (sulfide) groups is 1. The van der Waals surface area contributed by atoms with Crippen LogP contribution in [0.15, 0.2) is 57.6 Å². The standard InChI is InChI=1S/C30H36N2O4S2/c1-28(2,3)21-15-20(16-30(34,17-21)29(4,5)6)25-31-22(18-36-25)12-13-35-23-10-8-19(9-11-23)14-24-26(33)32(7)27(37)38-24/h8-11,14-15,17-18,34H,12-13,16H2,1-7H3. The van der Waals surface area contributed by atoms with Gasteiger partial charge in [-0.05, 0) is 52.3 Å². The van der Waals surface area contributed by atoms with E-state index < -0.39 is 5.60 Å². The molecule has 2 heterocycles. The number of likely N-dealkylation sites (N-methyl/N-ethyl adjacent to an activating group) is 1. The van der Waals surface area contributed by atoms with Gasteiger partial charge in [0.15, 0.2) is 0 Å². The second-order valence-corrected chi connectivity index (χ2v) is 13.6. The van der Waals surface area contributed by atoms with Crippen molar-refractivity contribution in [3.63, 3.8) is 0 Å². The van der Waals surface area contributed by atoms with E-state index in [0.717, 1.165) is 28.2 Å². The lowest BCUT2D eigenvalue weighted by atomic mass is 9.67. The van der Waals surface area contributed by atoms with E-state index in [1.165, 1.54) is 16.7 Å². The first-order valence-corrected chi connectivity index (χ1v) is 13.9. The normalized spacial score (nSPS) is 21.7. The quantitative estimate of drug-likeness (QED) is 0.317. The molecule has 1 aromatic carbocycles. The predicted molar refractivity (Wildman–Crippen MR) is 158 cm³/mol. The number of benzene rings is 1. The van der Waals surface area contributed by atoms with Gasteiger partial charge in [-0.1, -0.05) is 77.7 Å². The Labute approximate surface area is 234 Å². The molecular formula is C30H36N2O4S2. The first-order chi connectivity index (χ1) is 17.7. The number of hydrogen-bond donors (Lipinski definition) is 1. The van der Waals surface area contributed by atoms with E-state index in [4.69, 9.17) is 26.4 Å². The molecule has 1 aliphatic carbocycles. The molecule has 2 aliphatic rings. The first kappa shape index (κ1) is 28.3. The Morgan fingerprint density at radius 3 is 2.47 bits per heavy atom. The summed E-state index contributed by atoms with van der Waals surface area (Å²) in [6.07, 6.45) is 8.65. The number of carbonyl (C=O) groups is 1. The third kappa shape index (κ3) is 6.14. The van der Waals surface area contributed by atoms with Crippen LogP contribution in [0.1, 0.15) is 65.1 Å². The number of carbonyl (C=O) groups excluding carboxylic acids is 1.